The summed E-state index contributed by atoms with van der Waals surface area (Å²) < 4.78 is 44.2. The first-order valence-electron chi connectivity index (χ1n) is 10.4. The molecule has 1 fully saturated rings. The number of halogens is 5. The van der Waals surface area contributed by atoms with Gasteiger partial charge in [-0.25, -0.2) is 9.69 Å². The minimum absolute atomic E-state index is 0.0509. The molecule has 4 amide bonds. The second-order valence-corrected chi connectivity index (χ2v) is 8.45. The van der Waals surface area contributed by atoms with Crippen LogP contribution >= 0.6 is 23.2 Å². The van der Waals surface area contributed by atoms with Gasteiger partial charge >= 0.3 is 17.9 Å². The Kier molecular flexibility index (Phi) is 7.11. The summed E-state index contributed by atoms with van der Waals surface area (Å²) in [6.07, 6.45) is -3.66. The van der Waals surface area contributed by atoms with E-state index in [1.54, 1.807) is 12.1 Å². The van der Waals surface area contributed by atoms with Crippen molar-refractivity contribution < 1.29 is 37.2 Å². The van der Waals surface area contributed by atoms with Crippen LogP contribution in [0.25, 0.3) is 6.08 Å². The summed E-state index contributed by atoms with van der Waals surface area (Å²) in [5.41, 5.74) is -2.33. The molecule has 3 aromatic carbocycles. The van der Waals surface area contributed by atoms with E-state index in [2.05, 4.69) is 0 Å². The predicted octanol–water partition coefficient (Wildman–Crippen LogP) is 6.38. The highest BCUT2D eigenvalue weighted by molar-refractivity contribution is 6.42. The van der Waals surface area contributed by atoms with Gasteiger partial charge in [-0.2, -0.15) is 13.2 Å². The highest BCUT2D eigenvalue weighted by Crippen LogP contribution is 2.39. The Hall–Kier alpha value is -4.42. The van der Waals surface area contributed by atoms with E-state index in [0.717, 1.165) is 12.1 Å². The van der Waals surface area contributed by atoms with Crippen LogP contribution < -0.4 is 15.0 Å². The molecule has 38 heavy (non-hydrogen) atoms. The van der Waals surface area contributed by atoms with Crippen LogP contribution in [0, 0.1) is 10.1 Å². The van der Waals surface area contributed by atoms with Gasteiger partial charge in [0, 0.05) is 6.07 Å². The number of benzene rings is 3. The van der Waals surface area contributed by atoms with Gasteiger partial charge in [0.2, 0.25) is 5.75 Å². The van der Waals surface area contributed by atoms with Gasteiger partial charge in [-0.1, -0.05) is 41.4 Å². The van der Waals surface area contributed by atoms with Gasteiger partial charge in [0.25, 0.3) is 11.8 Å². The number of carbonyl (C=O) groups excluding carboxylic acids is 3. The normalized spacial score (nSPS) is 15.0. The Morgan fingerprint density at radius 1 is 0.947 bits per heavy atom. The maximum absolute atomic E-state index is 13.0. The van der Waals surface area contributed by atoms with Crippen LogP contribution in [0.15, 0.2) is 66.2 Å². The molecular formula is C24H12Cl2F3N3O6. The molecule has 1 heterocycles. The second kappa shape index (κ2) is 10.1. The summed E-state index contributed by atoms with van der Waals surface area (Å²) in [5, 5.41) is 13.3. The zero-order valence-corrected chi connectivity index (χ0v) is 20.1. The van der Waals surface area contributed by atoms with Crippen LogP contribution in [0.5, 0.6) is 11.5 Å². The molecule has 4 rings (SSSR count). The molecule has 1 aliphatic rings. The third-order valence-electron chi connectivity index (χ3n) is 5.16. The standard InChI is InChI=1S/C24H12Cl2F3N3O6/c25-15-3-1-2-4-17(15)31-22(34)14(21(33)30-23(31)35)9-12-5-7-19(16(26)10-12)38-20-8-6-13(24(27,28)29)11-18(20)32(36)37/h1-11H,(H,30,33,35)/b14-9+. The number of nitrogens with one attached hydrogen (secondary N) is 1. The molecule has 1 saturated heterocycles. The predicted molar refractivity (Wildman–Crippen MR) is 130 cm³/mol. The maximum atomic E-state index is 13.0. The molecule has 0 saturated carbocycles. The molecule has 14 heteroatoms. The van der Waals surface area contributed by atoms with Gasteiger partial charge in [-0.05, 0) is 48.0 Å². The lowest BCUT2D eigenvalue weighted by atomic mass is 10.1. The number of carbonyl (C=O) groups is 3. The van der Waals surface area contributed by atoms with Crippen LogP contribution in [0.1, 0.15) is 11.1 Å². The monoisotopic (exact) mass is 565 g/mol. The average Bonchev–Trinajstić information content (AvgIpc) is 2.84. The van der Waals surface area contributed by atoms with E-state index in [0.29, 0.717) is 17.0 Å². The zero-order chi connectivity index (χ0) is 27.8. The molecule has 9 nitrogen and oxygen atoms in total. The molecule has 1 aliphatic heterocycles. The molecule has 0 spiro atoms. The number of nitro benzene ring substituents is 1. The largest absolute Gasteiger partial charge is 0.449 e. The Balaban J connectivity index is 1.64. The number of ether oxygens (including phenoxy) is 1. The van der Waals surface area contributed by atoms with Crippen molar-refractivity contribution in [2.24, 2.45) is 0 Å². The van der Waals surface area contributed by atoms with E-state index in [-0.39, 0.29) is 27.0 Å². The number of rotatable bonds is 5. The molecule has 194 valence electrons. The van der Waals surface area contributed by atoms with Gasteiger partial charge in [0.05, 0.1) is 26.2 Å². The number of hydrogen-bond acceptors (Lipinski definition) is 6. The molecular weight excluding hydrogens is 554 g/mol. The molecule has 0 unspecified atom stereocenters. The third-order valence-corrected chi connectivity index (χ3v) is 5.78. The highest BCUT2D eigenvalue weighted by Gasteiger charge is 2.38. The SMILES string of the molecule is O=C1NC(=O)N(c2ccccc2Cl)C(=O)/C1=C/c1ccc(Oc2ccc(C(F)(F)F)cc2[N+](=O)[O-])c(Cl)c1. The van der Waals surface area contributed by atoms with Gasteiger partial charge in [-0.15, -0.1) is 0 Å². The number of imide groups is 2. The van der Waals surface area contributed by atoms with E-state index >= 15 is 0 Å². The quantitative estimate of drug-likeness (QED) is 0.166. The number of barbiturate groups is 1. The number of nitrogens with zero attached hydrogens (tertiary/aromatic N) is 2. The molecule has 0 atom stereocenters. The van der Waals surface area contributed by atoms with E-state index in [9.17, 15) is 37.7 Å². The number of alkyl halides is 3. The zero-order valence-electron chi connectivity index (χ0n) is 18.6. The molecule has 1 N–H and O–H groups in total. The first-order valence-corrected chi connectivity index (χ1v) is 11.1. The van der Waals surface area contributed by atoms with Crippen molar-refractivity contribution in [1.82, 2.24) is 5.32 Å². The maximum Gasteiger partial charge on any atom is 0.416 e. The van der Waals surface area contributed by atoms with Crippen molar-refractivity contribution in [2.45, 2.75) is 6.18 Å². The van der Waals surface area contributed by atoms with Gasteiger partial charge in [0.1, 0.15) is 11.3 Å². The van der Waals surface area contributed by atoms with Crippen LogP contribution in [0.2, 0.25) is 10.0 Å². The van der Waals surface area contributed by atoms with Gasteiger partial charge in [0.15, 0.2) is 0 Å². The van der Waals surface area contributed by atoms with E-state index < -0.39 is 51.5 Å². The Bertz CT molecular complexity index is 1540. The third kappa shape index (κ3) is 5.31. The van der Waals surface area contributed by atoms with Gasteiger partial charge < -0.3 is 4.74 Å². The minimum Gasteiger partial charge on any atom is -0.449 e. The summed E-state index contributed by atoms with van der Waals surface area (Å²) in [5.74, 6) is -2.57. The Labute approximate surface area is 221 Å². The lowest BCUT2D eigenvalue weighted by molar-refractivity contribution is -0.385. The fraction of sp³-hybridized carbons (Fsp3) is 0.0417. The first-order chi connectivity index (χ1) is 17.9. The van der Waals surface area contributed by atoms with Crippen LogP contribution in [0.4, 0.5) is 29.3 Å². The number of para-hydroxylation sites is 1. The van der Waals surface area contributed by atoms with Crippen LogP contribution in [-0.2, 0) is 15.8 Å². The Morgan fingerprint density at radius 3 is 2.26 bits per heavy atom. The van der Waals surface area contributed by atoms with Crippen LogP contribution in [0.3, 0.4) is 0 Å². The number of amides is 4. The molecule has 0 aliphatic carbocycles. The lowest BCUT2D eigenvalue weighted by Gasteiger charge is -2.27. The number of anilines is 1. The number of nitro groups is 1. The van der Waals surface area contributed by atoms with Crippen molar-refractivity contribution in [2.75, 3.05) is 4.90 Å². The van der Waals surface area contributed by atoms with Gasteiger partial charge in [-0.3, -0.25) is 25.0 Å². The molecule has 0 aromatic heterocycles. The number of urea groups is 1. The van der Waals surface area contributed by atoms with Crippen molar-refractivity contribution >= 4 is 58.5 Å². The number of hydrogen-bond donors (Lipinski definition) is 1. The fourth-order valence-electron chi connectivity index (χ4n) is 3.41. The molecule has 0 radical (unpaired) electrons. The minimum atomic E-state index is -4.80. The van der Waals surface area contributed by atoms with E-state index in [1.807, 2.05) is 5.32 Å². The van der Waals surface area contributed by atoms with Crippen molar-refractivity contribution in [3.8, 4) is 11.5 Å². The molecule has 3 aromatic rings. The summed E-state index contributed by atoms with van der Waals surface area (Å²) in [4.78, 5) is 48.7. The highest BCUT2D eigenvalue weighted by atomic mass is 35.5. The smallest absolute Gasteiger partial charge is 0.416 e. The van der Waals surface area contributed by atoms with Crippen LogP contribution in [-0.4, -0.2) is 22.8 Å². The topological polar surface area (TPSA) is 119 Å². The Morgan fingerprint density at radius 2 is 1.63 bits per heavy atom. The van der Waals surface area contributed by atoms with Crippen molar-refractivity contribution in [1.29, 1.82) is 0 Å². The summed E-state index contributed by atoms with van der Waals surface area (Å²) in [6, 6.07) is 10.6. The van der Waals surface area contributed by atoms with Crippen molar-refractivity contribution in [3.05, 3.63) is 97.5 Å². The lowest BCUT2D eigenvalue weighted by Crippen LogP contribution is -2.54. The summed E-state index contributed by atoms with van der Waals surface area (Å²) in [6.45, 7) is 0. The fourth-order valence-corrected chi connectivity index (χ4v) is 3.85. The second-order valence-electron chi connectivity index (χ2n) is 7.64. The average molecular weight is 566 g/mol. The molecule has 0 bridgehead atoms. The summed E-state index contributed by atoms with van der Waals surface area (Å²) >= 11 is 12.3. The van der Waals surface area contributed by atoms with E-state index in [1.165, 1.54) is 30.3 Å². The van der Waals surface area contributed by atoms with E-state index in [4.69, 9.17) is 27.9 Å². The van der Waals surface area contributed by atoms with Crippen molar-refractivity contribution in [3.63, 3.8) is 0 Å². The summed E-state index contributed by atoms with van der Waals surface area (Å²) in [7, 11) is 0. The first kappa shape index (κ1) is 26.6.